The molecule has 0 bridgehead atoms. The second-order valence-electron chi connectivity index (χ2n) is 8.50. The van der Waals surface area contributed by atoms with Gasteiger partial charge in [-0.1, -0.05) is 84.9 Å². The molecule has 0 amide bonds. The minimum absolute atomic E-state index is 0. The highest BCUT2D eigenvalue weighted by Gasteiger charge is 2.53. The van der Waals surface area contributed by atoms with Gasteiger partial charge < -0.3 is 33.3 Å². The highest BCUT2D eigenvalue weighted by atomic mass is 127. The van der Waals surface area contributed by atoms with Crippen molar-refractivity contribution < 1.29 is 28.4 Å². The van der Waals surface area contributed by atoms with Crippen LogP contribution in [0.2, 0.25) is 0 Å². The van der Waals surface area contributed by atoms with Crippen LogP contribution in [0, 0.1) is 0 Å². The first-order chi connectivity index (χ1) is 17.2. The Labute approximate surface area is 230 Å². The van der Waals surface area contributed by atoms with E-state index in [2.05, 4.69) is 103 Å². The Morgan fingerprint density at radius 3 is 1.44 bits per heavy atom. The third kappa shape index (κ3) is 5.02. The van der Waals surface area contributed by atoms with Crippen molar-refractivity contribution >= 4 is 46.6 Å². The van der Waals surface area contributed by atoms with E-state index >= 15 is 0 Å². The molecule has 36 heavy (non-hydrogen) atoms. The molecule has 0 unspecified atom stereocenters. The maximum atomic E-state index is 6.42. The minimum Gasteiger partial charge on any atom is -1.00 e. The molecule has 5 aromatic rings. The fourth-order valence-corrected chi connectivity index (χ4v) is 8.67. The topological polar surface area (TPSA) is 29.3 Å². The van der Waals surface area contributed by atoms with Crippen LogP contribution in [-0.2, 0) is 0 Å². The van der Waals surface area contributed by atoms with Crippen LogP contribution in [0.15, 0.2) is 126 Å². The van der Waals surface area contributed by atoms with Gasteiger partial charge in [-0.05, 0) is 48.0 Å². The molecule has 4 aromatic carbocycles. The van der Waals surface area contributed by atoms with Crippen molar-refractivity contribution in [1.29, 1.82) is 0 Å². The summed E-state index contributed by atoms with van der Waals surface area (Å²) in [4.78, 5) is 7.24. The zero-order valence-corrected chi connectivity index (χ0v) is 23.4. The van der Waals surface area contributed by atoms with Crippen LogP contribution in [0.5, 0.6) is 0 Å². The number of halogens is 1. The predicted molar refractivity (Wildman–Crippen MR) is 151 cm³/mol. The van der Waals surface area contributed by atoms with Gasteiger partial charge in [0.25, 0.3) is 11.3 Å². The van der Waals surface area contributed by atoms with Gasteiger partial charge in [-0.15, -0.1) is 0 Å². The Morgan fingerprint density at radius 1 is 0.611 bits per heavy atom. The maximum Gasteiger partial charge on any atom is 0.262 e. The Hall–Kier alpha value is -3.21. The SMILES string of the molecule is CN(C)c1oc(C=Cc2ccccc2)nc1[P+](c1ccccc1)(c1ccccc1)c1ccccc1.[I-]. The first kappa shape index (κ1) is 25.9. The number of oxazole rings is 1. The van der Waals surface area contributed by atoms with Gasteiger partial charge in [0.2, 0.25) is 5.89 Å². The molecular weight excluding hydrogens is 574 g/mol. The van der Waals surface area contributed by atoms with Gasteiger partial charge in [-0.25, -0.2) is 0 Å². The summed E-state index contributed by atoms with van der Waals surface area (Å²) >= 11 is 0. The summed E-state index contributed by atoms with van der Waals surface area (Å²) in [6, 6.07) is 42.4. The number of hydrogen-bond donors (Lipinski definition) is 0. The Kier molecular flexibility index (Phi) is 8.40. The number of nitrogens with zero attached hydrogens (tertiary/aromatic N) is 2. The Morgan fingerprint density at radius 2 is 1.03 bits per heavy atom. The fourth-order valence-electron chi connectivity index (χ4n) is 4.40. The van der Waals surface area contributed by atoms with E-state index in [-0.39, 0.29) is 24.0 Å². The van der Waals surface area contributed by atoms with Crippen molar-refractivity contribution in [3.8, 4) is 0 Å². The molecule has 0 N–H and O–H groups in total. The zero-order valence-electron chi connectivity index (χ0n) is 20.3. The standard InChI is InChI=1S/C31H28N2OP.HI/c1-33(2)31-30(32-29(34-31)24-23-25-15-7-3-8-16-25)35(26-17-9-4-10-18-26,27-19-11-5-12-20-27)28-21-13-6-14-22-28;/h3-24H,1-2H3;1H/q+1;/p-1. The maximum absolute atomic E-state index is 6.42. The second-order valence-corrected chi connectivity index (χ2v) is 11.8. The van der Waals surface area contributed by atoms with Gasteiger partial charge in [-0.3, -0.25) is 0 Å². The average molecular weight is 602 g/mol. The normalized spacial score (nSPS) is 11.3. The van der Waals surface area contributed by atoms with Crippen LogP contribution in [0.1, 0.15) is 11.5 Å². The van der Waals surface area contributed by atoms with Crippen LogP contribution >= 0.6 is 7.26 Å². The highest BCUT2D eigenvalue weighted by molar-refractivity contribution is 8.01. The van der Waals surface area contributed by atoms with Crippen molar-refractivity contribution in [1.82, 2.24) is 4.98 Å². The van der Waals surface area contributed by atoms with E-state index in [1.807, 2.05) is 49.3 Å². The molecule has 5 rings (SSSR count). The third-order valence-electron chi connectivity index (χ3n) is 5.98. The van der Waals surface area contributed by atoms with Crippen LogP contribution in [0.4, 0.5) is 5.88 Å². The largest absolute Gasteiger partial charge is 1.00 e. The molecule has 0 atom stereocenters. The monoisotopic (exact) mass is 602 g/mol. The van der Waals surface area contributed by atoms with E-state index in [1.165, 1.54) is 15.9 Å². The number of hydrogen-bond acceptors (Lipinski definition) is 3. The first-order valence-corrected chi connectivity index (χ1v) is 13.5. The van der Waals surface area contributed by atoms with E-state index in [9.17, 15) is 0 Å². The lowest BCUT2D eigenvalue weighted by Gasteiger charge is -2.26. The Balaban J connectivity index is 0.00000304. The lowest BCUT2D eigenvalue weighted by molar-refractivity contribution is -0.00000734. The summed E-state index contributed by atoms with van der Waals surface area (Å²) in [5, 5.41) is 3.73. The number of anilines is 1. The molecule has 1 aromatic heterocycles. The van der Waals surface area contributed by atoms with Crippen LogP contribution in [0.3, 0.4) is 0 Å². The molecule has 5 heteroatoms. The summed E-state index contributed by atoms with van der Waals surface area (Å²) < 4.78 is 6.42. The van der Waals surface area contributed by atoms with Crippen molar-refractivity contribution in [3.05, 3.63) is 133 Å². The quantitative estimate of drug-likeness (QED) is 0.212. The molecular formula is C31H28IN2OP. The first-order valence-electron chi connectivity index (χ1n) is 11.7. The van der Waals surface area contributed by atoms with Crippen LogP contribution in [-0.4, -0.2) is 19.1 Å². The van der Waals surface area contributed by atoms with Crippen molar-refractivity contribution in [2.75, 3.05) is 19.0 Å². The molecule has 0 aliphatic heterocycles. The zero-order chi connectivity index (χ0) is 24.1. The van der Waals surface area contributed by atoms with Crippen molar-refractivity contribution in [2.45, 2.75) is 0 Å². The smallest absolute Gasteiger partial charge is 0.262 e. The van der Waals surface area contributed by atoms with Crippen LogP contribution < -0.4 is 50.2 Å². The molecule has 0 fully saturated rings. The summed E-state index contributed by atoms with van der Waals surface area (Å²) in [5.41, 5.74) is 2.08. The van der Waals surface area contributed by atoms with Gasteiger partial charge in [0.05, 0.1) is 0 Å². The van der Waals surface area contributed by atoms with Gasteiger partial charge in [0.15, 0.2) is 7.26 Å². The molecule has 180 valence electrons. The average Bonchev–Trinajstić information content (AvgIpc) is 3.35. The highest BCUT2D eigenvalue weighted by Crippen LogP contribution is 2.55. The van der Waals surface area contributed by atoms with Crippen molar-refractivity contribution in [2.24, 2.45) is 0 Å². The molecule has 0 aliphatic rings. The summed E-state index contributed by atoms with van der Waals surface area (Å²) in [5.74, 6) is 1.38. The minimum atomic E-state index is -2.35. The summed E-state index contributed by atoms with van der Waals surface area (Å²) in [6.07, 6.45) is 4.00. The number of aromatic nitrogens is 1. The Bertz CT molecular complexity index is 1310. The molecule has 0 saturated heterocycles. The summed E-state index contributed by atoms with van der Waals surface area (Å²) in [6.45, 7) is 0. The summed E-state index contributed by atoms with van der Waals surface area (Å²) in [7, 11) is 1.68. The molecule has 1 heterocycles. The second kappa shape index (κ2) is 11.7. The van der Waals surface area contributed by atoms with E-state index in [0.717, 1.165) is 16.9 Å². The molecule has 0 saturated carbocycles. The van der Waals surface area contributed by atoms with Gasteiger partial charge >= 0.3 is 0 Å². The number of rotatable bonds is 7. The third-order valence-corrected chi connectivity index (χ3v) is 10.1. The van der Waals surface area contributed by atoms with Gasteiger partial charge in [0, 0.05) is 20.2 Å². The molecule has 3 nitrogen and oxygen atoms in total. The van der Waals surface area contributed by atoms with Crippen molar-refractivity contribution in [3.63, 3.8) is 0 Å². The van der Waals surface area contributed by atoms with Crippen LogP contribution in [0.25, 0.3) is 12.2 Å². The predicted octanol–water partition coefficient (Wildman–Crippen LogP) is 2.53. The van der Waals surface area contributed by atoms with E-state index in [0.29, 0.717) is 5.89 Å². The van der Waals surface area contributed by atoms with E-state index in [1.54, 1.807) is 0 Å². The van der Waals surface area contributed by atoms with Gasteiger partial charge in [0.1, 0.15) is 15.9 Å². The lowest BCUT2D eigenvalue weighted by atomic mass is 10.2. The molecule has 0 radical (unpaired) electrons. The van der Waals surface area contributed by atoms with Gasteiger partial charge in [-0.2, -0.15) is 4.98 Å². The molecule has 0 spiro atoms. The lowest BCUT2D eigenvalue weighted by Crippen LogP contribution is -3.00. The van der Waals surface area contributed by atoms with E-state index in [4.69, 9.17) is 9.40 Å². The van der Waals surface area contributed by atoms with E-state index < -0.39 is 7.26 Å². The molecule has 0 aliphatic carbocycles. The number of benzene rings is 4. The fraction of sp³-hybridized carbons (Fsp3) is 0.0645.